The Balaban J connectivity index is 1.71. The van der Waals surface area contributed by atoms with Gasteiger partial charge in [0.1, 0.15) is 11.3 Å². The number of hydrogen-bond acceptors (Lipinski definition) is 6. The zero-order chi connectivity index (χ0) is 30.4. The Labute approximate surface area is 256 Å². The van der Waals surface area contributed by atoms with Crippen molar-refractivity contribution < 1.29 is 23.9 Å². The van der Waals surface area contributed by atoms with Crippen molar-refractivity contribution in [3.8, 4) is 0 Å². The van der Waals surface area contributed by atoms with Crippen molar-refractivity contribution in [1.29, 1.82) is 0 Å². The van der Waals surface area contributed by atoms with Gasteiger partial charge in [-0.1, -0.05) is 35.9 Å². The summed E-state index contributed by atoms with van der Waals surface area (Å²) < 4.78 is 10.9. The molecule has 1 aromatic heterocycles. The third kappa shape index (κ3) is 7.49. The summed E-state index contributed by atoms with van der Waals surface area (Å²) in [6.45, 7) is 8.13. The van der Waals surface area contributed by atoms with E-state index in [1.165, 1.54) is 0 Å². The van der Waals surface area contributed by atoms with E-state index < -0.39 is 17.7 Å². The Morgan fingerprint density at radius 3 is 2.57 bits per heavy atom. The molecule has 1 saturated heterocycles. The van der Waals surface area contributed by atoms with Gasteiger partial charge in [0.25, 0.3) is 5.91 Å². The average Bonchev–Trinajstić information content (AvgIpc) is 3.62. The molecule has 2 N–H and O–H groups in total. The van der Waals surface area contributed by atoms with Crippen molar-refractivity contribution in [2.75, 3.05) is 18.1 Å². The van der Waals surface area contributed by atoms with Crippen LogP contribution in [0, 0.1) is 0 Å². The molecule has 4 rings (SSSR count). The van der Waals surface area contributed by atoms with Crippen LogP contribution in [0.25, 0.3) is 0 Å². The molecule has 11 heteroatoms. The summed E-state index contributed by atoms with van der Waals surface area (Å²) in [7, 11) is 0. The van der Waals surface area contributed by atoms with Crippen molar-refractivity contribution in [3.05, 3.63) is 88.2 Å². The molecule has 2 heterocycles. The van der Waals surface area contributed by atoms with Crippen LogP contribution in [0.15, 0.2) is 60.8 Å². The van der Waals surface area contributed by atoms with Gasteiger partial charge < -0.3 is 24.3 Å². The minimum absolute atomic E-state index is 0.0883. The van der Waals surface area contributed by atoms with Crippen LogP contribution in [-0.4, -0.2) is 51.7 Å². The fourth-order valence-electron chi connectivity index (χ4n) is 4.87. The van der Waals surface area contributed by atoms with E-state index in [2.05, 4.69) is 10.3 Å². The van der Waals surface area contributed by atoms with E-state index in [0.29, 0.717) is 22.8 Å². The van der Waals surface area contributed by atoms with Gasteiger partial charge in [-0.15, -0.1) is 0 Å². The van der Waals surface area contributed by atoms with Crippen molar-refractivity contribution >= 4 is 52.6 Å². The molecule has 1 aliphatic rings. The van der Waals surface area contributed by atoms with Crippen LogP contribution in [0.3, 0.4) is 0 Å². The van der Waals surface area contributed by atoms with E-state index in [1.54, 1.807) is 59.3 Å². The monoisotopic (exact) mass is 610 g/mol. The Morgan fingerprint density at radius 2 is 1.88 bits per heavy atom. The third-order valence-corrected chi connectivity index (χ3v) is 7.23. The number of H-pyrrole nitrogens is 1. The first kappa shape index (κ1) is 31.1. The molecule has 2 amide bonds. The van der Waals surface area contributed by atoms with Gasteiger partial charge in [0, 0.05) is 23.3 Å². The molecule has 1 atom stereocenters. The number of hydrogen-bond donors (Lipinski definition) is 2. The number of aromatic nitrogens is 1. The smallest absolute Gasteiger partial charge is 0.410 e. The standard InChI is InChI=1S/C31H35ClN4O5S/c1-5-40-28(38)26-25(15-16-33-26)36(29(42)34-27(37)20-10-7-6-8-11-20)19-21-13-14-22(32)18-23(21)24-12-9-17-35(24)30(39)41-31(2,3)4/h6-8,10-11,13-16,18,24,33H,5,9,12,17,19H2,1-4H3,(H,34,37,42). The summed E-state index contributed by atoms with van der Waals surface area (Å²) in [5.41, 5.74) is 2.07. The molecular formula is C31H35ClN4O5S. The van der Waals surface area contributed by atoms with Crippen molar-refractivity contribution in [3.63, 3.8) is 0 Å². The Hall–Kier alpha value is -3.89. The van der Waals surface area contributed by atoms with E-state index in [-0.39, 0.29) is 35.9 Å². The largest absolute Gasteiger partial charge is 0.461 e. The number of benzene rings is 2. The highest BCUT2D eigenvalue weighted by Gasteiger charge is 2.35. The molecule has 0 aliphatic carbocycles. The molecule has 1 unspecified atom stereocenters. The van der Waals surface area contributed by atoms with E-state index in [9.17, 15) is 14.4 Å². The van der Waals surface area contributed by atoms with Crippen LogP contribution in [-0.2, 0) is 16.0 Å². The first-order valence-electron chi connectivity index (χ1n) is 13.8. The number of nitrogens with one attached hydrogen (secondary N) is 2. The predicted molar refractivity (Wildman–Crippen MR) is 166 cm³/mol. The van der Waals surface area contributed by atoms with Crippen LogP contribution in [0.4, 0.5) is 10.5 Å². The number of rotatable bonds is 7. The zero-order valence-electron chi connectivity index (χ0n) is 24.1. The molecule has 9 nitrogen and oxygen atoms in total. The topological polar surface area (TPSA) is 104 Å². The quantitative estimate of drug-likeness (QED) is 0.228. The Morgan fingerprint density at radius 1 is 1.14 bits per heavy atom. The number of ether oxygens (including phenoxy) is 2. The second-order valence-corrected chi connectivity index (χ2v) is 11.7. The maximum atomic E-state index is 13.1. The van der Waals surface area contributed by atoms with Crippen molar-refractivity contribution in [1.82, 2.24) is 15.2 Å². The predicted octanol–water partition coefficient (Wildman–Crippen LogP) is 6.64. The fraction of sp³-hybridized carbons (Fsp3) is 0.355. The minimum atomic E-state index is -0.640. The number of amides is 2. The summed E-state index contributed by atoms with van der Waals surface area (Å²) in [5.74, 6) is -0.940. The second-order valence-electron chi connectivity index (χ2n) is 10.8. The van der Waals surface area contributed by atoms with E-state index in [1.807, 2.05) is 39.0 Å². The molecule has 3 aromatic rings. The van der Waals surface area contributed by atoms with Crippen molar-refractivity contribution in [2.45, 2.75) is 58.7 Å². The number of carbonyl (C=O) groups excluding carboxylic acids is 3. The van der Waals surface area contributed by atoms with E-state index in [0.717, 1.165) is 24.0 Å². The van der Waals surface area contributed by atoms with E-state index in [4.69, 9.17) is 33.3 Å². The van der Waals surface area contributed by atoms with Gasteiger partial charge in [-0.3, -0.25) is 10.1 Å². The van der Waals surface area contributed by atoms with Gasteiger partial charge in [0.05, 0.1) is 24.9 Å². The number of anilines is 1. The normalized spacial score (nSPS) is 14.8. The number of halogens is 1. The molecule has 42 heavy (non-hydrogen) atoms. The van der Waals surface area contributed by atoms with Crippen molar-refractivity contribution in [2.24, 2.45) is 0 Å². The Kier molecular flexibility index (Phi) is 9.90. The molecule has 2 aromatic carbocycles. The van der Waals surface area contributed by atoms with Gasteiger partial charge in [-0.05, 0) is 94.2 Å². The molecule has 0 radical (unpaired) electrons. The number of carbonyl (C=O) groups is 3. The number of likely N-dealkylation sites (tertiary alicyclic amines) is 1. The molecule has 0 spiro atoms. The Bertz CT molecular complexity index is 1450. The highest BCUT2D eigenvalue weighted by molar-refractivity contribution is 7.80. The maximum Gasteiger partial charge on any atom is 0.410 e. The lowest BCUT2D eigenvalue weighted by Gasteiger charge is -2.31. The van der Waals surface area contributed by atoms with Crippen LogP contribution < -0.4 is 10.2 Å². The summed E-state index contributed by atoms with van der Waals surface area (Å²) in [6.07, 6.45) is 2.74. The van der Waals surface area contributed by atoms with Gasteiger partial charge in [-0.25, -0.2) is 9.59 Å². The first-order chi connectivity index (χ1) is 20.0. The zero-order valence-corrected chi connectivity index (χ0v) is 25.7. The second kappa shape index (κ2) is 13.4. The average molecular weight is 611 g/mol. The number of aromatic amines is 1. The van der Waals surface area contributed by atoms with Crippen LogP contribution >= 0.6 is 23.8 Å². The molecule has 1 aliphatic heterocycles. The summed E-state index contributed by atoms with van der Waals surface area (Å²) in [5, 5.41) is 3.40. The van der Waals surface area contributed by atoms with Gasteiger partial charge in [-0.2, -0.15) is 0 Å². The molecule has 1 fully saturated rings. The summed E-state index contributed by atoms with van der Waals surface area (Å²) in [6, 6.07) is 15.6. The first-order valence-corrected chi connectivity index (χ1v) is 14.6. The van der Waals surface area contributed by atoms with Crippen LogP contribution in [0.1, 0.15) is 78.6 Å². The molecule has 0 saturated carbocycles. The lowest BCUT2D eigenvalue weighted by molar-refractivity contribution is 0.0223. The van der Waals surface area contributed by atoms with Crippen LogP contribution in [0.2, 0.25) is 5.02 Å². The lowest BCUT2D eigenvalue weighted by Crippen LogP contribution is -2.43. The summed E-state index contributed by atoms with van der Waals surface area (Å²) in [4.78, 5) is 45.3. The number of esters is 1. The van der Waals surface area contributed by atoms with Gasteiger partial charge in [0.15, 0.2) is 5.11 Å². The number of thiocarbonyl (C=S) groups is 1. The minimum Gasteiger partial charge on any atom is -0.461 e. The highest BCUT2D eigenvalue weighted by atomic mass is 35.5. The lowest BCUT2D eigenvalue weighted by atomic mass is 9.98. The van der Waals surface area contributed by atoms with Gasteiger partial charge >= 0.3 is 12.1 Å². The molecular weight excluding hydrogens is 576 g/mol. The fourth-order valence-corrected chi connectivity index (χ4v) is 5.30. The molecule has 222 valence electrons. The van der Waals surface area contributed by atoms with E-state index >= 15 is 0 Å². The number of nitrogens with zero attached hydrogens (tertiary/aromatic N) is 2. The SMILES string of the molecule is CCOC(=O)c1[nH]ccc1N(Cc1ccc(Cl)cc1C1CCCN1C(=O)OC(C)(C)C)C(=S)NC(=O)c1ccccc1. The summed E-state index contributed by atoms with van der Waals surface area (Å²) >= 11 is 12.2. The van der Waals surface area contributed by atoms with Crippen LogP contribution in [0.5, 0.6) is 0 Å². The van der Waals surface area contributed by atoms with Gasteiger partial charge in [0.2, 0.25) is 0 Å². The maximum absolute atomic E-state index is 13.1. The third-order valence-electron chi connectivity index (χ3n) is 6.67. The highest BCUT2D eigenvalue weighted by Crippen LogP contribution is 2.37. The molecule has 0 bridgehead atoms.